The number of nitrogens with one attached hydrogen (secondary N) is 2. The van der Waals surface area contributed by atoms with Crippen LogP contribution in [-0.2, 0) is 41.2 Å². The number of aliphatic hydroxyl groups excluding tert-OH is 2. The van der Waals surface area contributed by atoms with Crippen LogP contribution in [0.25, 0.3) is 66.9 Å². The van der Waals surface area contributed by atoms with Gasteiger partial charge in [-0.05, 0) is 67.9 Å². The van der Waals surface area contributed by atoms with Gasteiger partial charge in [0, 0.05) is 158 Å². The molecule has 0 spiro atoms. The van der Waals surface area contributed by atoms with E-state index in [1.807, 2.05) is 88.1 Å². The summed E-state index contributed by atoms with van der Waals surface area (Å²) in [4.78, 5) is 46.6. The van der Waals surface area contributed by atoms with Crippen LogP contribution in [0.3, 0.4) is 0 Å². The number of aliphatic hydroxyl groups is 2. The number of hydrogen-bond donors (Lipinski definition) is 6. The van der Waals surface area contributed by atoms with Gasteiger partial charge in [0.2, 0.25) is 0 Å². The van der Waals surface area contributed by atoms with Gasteiger partial charge in [-0.2, -0.15) is 25.8 Å². The van der Waals surface area contributed by atoms with Gasteiger partial charge in [0.15, 0.2) is 5.11 Å². The Bertz CT molecular complexity index is 3960. The number of hydrogen-bond acceptors (Lipinski definition) is 20. The fourth-order valence-electron chi connectivity index (χ4n) is 12.6. The minimum atomic E-state index is -1.50. The molecule has 31 heteroatoms. The van der Waals surface area contributed by atoms with Crippen LogP contribution < -0.4 is 11.1 Å². The Balaban J connectivity index is 0.000000184. The van der Waals surface area contributed by atoms with Crippen LogP contribution >= 0.6 is 12.2 Å². The number of aromatic amines is 1. The van der Waals surface area contributed by atoms with E-state index in [1.165, 1.54) is 25.7 Å². The van der Waals surface area contributed by atoms with Gasteiger partial charge < -0.3 is 55.1 Å². The van der Waals surface area contributed by atoms with E-state index in [1.54, 1.807) is 25.2 Å². The molecule has 0 aromatic carbocycles. The Morgan fingerprint density at radius 1 is 0.817 bits per heavy atom. The van der Waals surface area contributed by atoms with E-state index in [-0.39, 0.29) is 53.6 Å². The largest absolute Gasteiger partial charge is 0.463 e. The molecule has 1 saturated carbocycles. The molecule has 5 unspecified atom stereocenters. The first kappa shape index (κ1) is 71.4. The molecule has 3 fully saturated rings. The van der Waals surface area contributed by atoms with Crippen molar-refractivity contribution in [1.82, 2.24) is 88.5 Å². The number of aryl methyl sites for hydroxylation is 2. The average Bonchev–Trinajstić information content (AvgIpc) is 1.70. The Labute approximate surface area is 559 Å². The Morgan fingerprint density at radius 2 is 1.32 bits per heavy atom. The van der Waals surface area contributed by atoms with E-state index >= 15 is 0 Å². The van der Waals surface area contributed by atoms with E-state index in [2.05, 4.69) is 121 Å². The maximum absolute atomic E-state index is 9.42. The number of rotatable bonds is 15. The summed E-state index contributed by atoms with van der Waals surface area (Å²) in [6, 6.07) is 11.9. The summed E-state index contributed by atoms with van der Waals surface area (Å²) in [5.41, 5.74) is 13.3. The van der Waals surface area contributed by atoms with E-state index < -0.39 is 5.09 Å². The van der Waals surface area contributed by atoms with E-state index in [4.69, 9.17) is 53.3 Å². The van der Waals surface area contributed by atoms with Crippen molar-refractivity contribution in [2.24, 2.45) is 42.1 Å². The fraction of sp³-hybridized carbons (Fsp3) is 0.468. The predicted molar refractivity (Wildman–Crippen MR) is 350 cm³/mol. The van der Waals surface area contributed by atoms with Crippen molar-refractivity contribution >= 4 is 56.5 Å². The fourth-order valence-corrected chi connectivity index (χ4v) is 12.9. The molecule has 9 aromatic heterocycles. The third-order valence-electron chi connectivity index (χ3n) is 17.0. The summed E-state index contributed by atoms with van der Waals surface area (Å²) in [7, 11) is 3.97. The second kappa shape index (κ2) is 34.6. The summed E-state index contributed by atoms with van der Waals surface area (Å²) in [5.74, 6) is 0.574. The average molecular weight is 1380 g/mol. The van der Waals surface area contributed by atoms with Crippen molar-refractivity contribution in [3.05, 3.63) is 116 Å². The van der Waals surface area contributed by atoms with Gasteiger partial charge in [0.1, 0.15) is 42.5 Å². The van der Waals surface area contributed by atoms with E-state index in [0.717, 1.165) is 125 Å². The molecule has 5 atom stereocenters. The first-order valence-corrected chi connectivity index (χ1v) is 31.0. The standard InChI is InChI=1S/C20H24N8OS.C19H20N8O.C19H25N5.C2H7NO.C2H4.Ag.HNO3/c1-26-7-4-16-18(23-13-24-19(16)26)15-10-25-28(12-15)17(2-5-21)14-3-8-27(11-14)20(30)22-6-9-29;20-4-1-16(13-3-7-26(10-13)19-22-6-8-28-19)27-11-14(9-25-27)17-15-2-5-21-18(15)24-12-23-17;1-4-16(19(2)8-5-6-9-19)24-12-14(11-22-24)17-15-7-10-23(3)18(15)21-13-20-17;3-1-2-4;1-2;;2-1(3)4/h4,7,10,12-14,17,29H,2-3,6,8-9,11H2,1H3,(H,22,30);2,5,9,11-13,16H,1,3,6-8,10H2,(H,21,23,24);7,10-13,16H,4-6,8-9H2,1-3H3;4H,1-3H2;1-2H2;;(H,2,3,4). The Kier molecular flexibility index (Phi) is 26.6. The number of thiocarbonyl (C=S) groups is 1. The number of fused-ring (bicyclic) bond motifs is 3. The Morgan fingerprint density at radius 3 is 1.83 bits per heavy atom. The minimum absolute atomic E-state index is 0. The van der Waals surface area contributed by atoms with Gasteiger partial charge in [0.05, 0.1) is 98.5 Å². The zero-order valence-corrected chi connectivity index (χ0v) is 55.0. The first-order chi connectivity index (χ1) is 44.7. The quantitative estimate of drug-likeness (QED) is 0.0194. The molecule has 93 heavy (non-hydrogen) atoms. The normalized spacial score (nSPS) is 17.0. The Hall–Kier alpha value is -9.01. The number of nitrogens with zero attached hydrogens (tertiary/aromatic N) is 20. The van der Waals surface area contributed by atoms with Crippen LogP contribution in [0, 0.1) is 50.0 Å². The van der Waals surface area contributed by atoms with Gasteiger partial charge in [-0.25, -0.2) is 34.9 Å². The van der Waals surface area contributed by atoms with Gasteiger partial charge in [-0.15, -0.1) is 23.3 Å². The zero-order chi connectivity index (χ0) is 65.7. The van der Waals surface area contributed by atoms with Crippen LogP contribution in [-0.4, -0.2) is 180 Å². The first-order valence-electron chi connectivity index (χ1n) is 30.6. The second-order valence-electron chi connectivity index (χ2n) is 22.7. The number of aliphatic imine (C=N–C) groups is 1. The number of amidine groups is 1. The number of nitrogens with two attached hydrogens (primary N) is 1. The molecule has 497 valence electrons. The molecule has 2 saturated heterocycles. The molecule has 12 heterocycles. The van der Waals surface area contributed by atoms with Crippen molar-refractivity contribution < 1.29 is 47.6 Å². The second-order valence-corrected chi connectivity index (χ2v) is 23.1. The molecular weight excluding hydrogens is 1300 g/mol. The maximum Gasteiger partial charge on any atom is 0.291 e. The molecule has 1 radical (unpaired) electrons. The molecule has 4 aliphatic rings. The molecule has 29 nitrogen and oxygen atoms in total. The summed E-state index contributed by atoms with van der Waals surface area (Å²) in [6.45, 7) is 16.4. The molecule has 1 aliphatic carbocycles. The molecule has 13 rings (SSSR count). The topological polar surface area (TPSA) is 374 Å². The summed E-state index contributed by atoms with van der Waals surface area (Å²) in [5, 5.41) is 69.8. The number of nitriles is 2. The maximum atomic E-state index is 9.42. The van der Waals surface area contributed by atoms with Crippen molar-refractivity contribution in [1.29, 1.82) is 10.5 Å². The monoisotopic (exact) mass is 1380 g/mol. The summed E-state index contributed by atoms with van der Waals surface area (Å²) in [6.07, 6.45) is 31.4. The van der Waals surface area contributed by atoms with Crippen LogP contribution in [0.2, 0.25) is 0 Å². The summed E-state index contributed by atoms with van der Waals surface area (Å²) >= 11 is 5.42. The molecule has 9 aromatic rings. The van der Waals surface area contributed by atoms with E-state index in [9.17, 15) is 10.5 Å². The third kappa shape index (κ3) is 17.4. The number of H-pyrrole nitrogens is 1. The SMILES string of the molecule is C=C.CCC(n1cc(-c2ncnc3c2ccn3C)cn1)C1(C)CCCC1.Cn1ccc2c(-c3cnn(C(CC#N)C4CCN(C(=S)NCCO)C4)c3)ncnc21.N#CCC(C1CCN(C2=NCCO2)C1)n1cc(-c2ncnc3[nH]ccc23)cn1.NCCO.O=[N+]([O-])O.[Ag]. The van der Waals surface area contributed by atoms with Gasteiger partial charge in [0.25, 0.3) is 11.1 Å². The molecular formula is C62H81AgN23O6S. The predicted octanol–water partition coefficient (Wildman–Crippen LogP) is 7.21. The smallest absolute Gasteiger partial charge is 0.291 e. The number of likely N-dealkylation sites (tertiary alicyclic amines) is 2. The van der Waals surface area contributed by atoms with E-state index in [0.29, 0.717) is 55.0 Å². The van der Waals surface area contributed by atoms with Crippen LogP contribution in [0.4, 0.5) is 0 Å². The minimum Gasteiger partial charge on any atom is -0.463 e. The van der Waals surface area contributed by atoms with Crippen molar-refractivity contribution in [3.8, 4) is 45.9 Å². The summed E-state index contributed by atoms with van der Waals surface area (Å²) < 4.78 is 15.6. The number of ether oxygens (including phenoxy) is 1. The van der Waals surface area contributed by atoms with Crippen LogP contribution in [0.5, 0.6) is 0 Å². The third-order valence-corrected chi connectivity index (χ3v) is 17.4. The number of aromatic nitrogens is 15. The van der Waals surface area contributed by atoms with Crippen LogP contribution in [0.1, 0.15) is 89.8 Å². The van der Waals surface area contributed by atoms with Gasteiger partial charge in [-0.3, -0.25) is 14.0 Å². The van der Waals surface area contributed by atoms with Gasteiger partial charge in [-0.1, -0.05) is 26.7 Å². The van der Waals surface area contributed by atoms with Gasteiger partial charge >= 0.3 is 0 Å². The molecule has 0 amide bonds. The molecule has 7 N–H and O–H groups in total. The van der Waals surface area contributed by atoms with Crippen molar-refractivity contribution in [2.75, 3.05) is 65.6 Å². The zero-order valence-electron chi connectivity index (χ0n) is 52.7. The van der Waals surface area contributed by atoms with Crippen molar-refractivity contribution in [2.45, 2.75) is 89.8 Å². The molecule has 0 bridgehead atoms. The molecule has 3 aliphatic heterocycles. The van der Waals surface area contributed by atoms with Crippen molar-refractivity contribution in [3.63, 3.8) is 0 Å². The van der Waals surface area contributed by atoms with Crippen LogP contribution in [0.15, 0.2) is 111 Å².